The Balaban J connectivity index is 1.78. The number of rotatable bonds is 4. The standard InChI is InChI=1S/C14H18N4O/c15-10-13-11-16-7-9-18(13)8-6-14(19)17-12-4-2-1-3-5-12/h1-5,13,16H,6-9,11H2,(H,17,19). The largest absolute Gasteiger partial charge is 0.326 e. The number of anilines is 1. The van der Waals surface area contributed by atoms with E-state index < -0.39 is 0 Å². The zero-order valence-electron chi connectivity index (χ0n) is 10.8. The van der Waals surface area contributed by atoms with Crippen LogP contribution in [0.5, 0.6) is 0 Å². The van der Waals surface area contributed by atoms with Crippen molar-refractivity contribution in [2.45, 2.75) is 12.5 Å². The van der Waals surface area contributed by atoms with Gasteiger partial charge in [0.15, 0.2) is 0 Å². The number of carbonyl (C=O) groups is 1. The Kier molecular flexibility index (Phi) is 4.90. The number of amides is 1. The van der Waals surface area contributed by atoms with E-state index in [1.54, 1.807) is 0 Å². The van der Waals surface area contributed by atoms with Gasteiger partial charge in [-0.25, -0.2) is 0 Å². The monoisotopic (exact) mass is 258 g/mol. The van der Waals surface area contributed by atoms with Crippen LogP contribution in [0.25, 0.3) is 0 Å². The van der Waals surface area contributed by atoms with Gasteiger partial charge in [0, 0.05) is 38.3 Å². The molecule has 0 saturated carbocycles. The second kappa shape index (κ2) is 6.88. The molecular formula is C14H18N4O. The molecule has 5 nitrogen and oxygen atoms in total. The molecule has 2 rings (SSSR count). The molecule has 1 aromatic carbocycles. The molecule has 1 aliphatic rings. The number of para-hydroxylation sites is 1. The average molecular weight is 258 g/mol. The molecule has 1 aromatic rings. The summed E-state index contributed by atoms with van der Waals surface area (Å²) in [5, 5.41) is 15.1. The van der Waals surface area contributed by atoms with Gasteiger partial charge in [-0.05, 0) is 12.1 Å². The van der Waals surface area contributed by atoms with Crippen molar-refractivity contribution in [2.75, 3.05) is 31.5 Å². The third-order valence-corrected chi connectivity index (χ3v) is 3.19. The first-order valence-corrected chi connectivity index (χ1v) is 6.49. The minimum atomic E-state index is -0.127. The zero-order chi connectivity index (χ0) is 13.5. The number of nitriles is 1. The molecule has 2 N–H and O–H groups in total. The van der Waals surface area contributed by atoms with Gasteiger partial charge >= 0.3 is 0 Å². The average Bonchev–Trinajstić information content (AvgIpc) is 2.46. The fourth-order valence-electron chi connectivity index (χ4n) is 2.13. The highest BCUT2D eigenvalue weighted by Gasteiger charge is 2.21. The Labute approximate surface area is 113 Å². The zero-order valence-corrected chi connectivity index (χ0v) is 10.8. The van der Waals surface area contributed by atoms with Crippen molar-refractivity contribution in [2.24, 2.45) is 0 Å². The van der Waals surface area contributed by atoms with Crippen LogP contribution in [0.3, 0.4) is 0 Å². The SMILES string of the molecule is N#CC1CNCCN1CCC(=O)Nc1ccccc1. The maximum absolute atomic E-state index is 11.8. The van der Waals surface area contributed by atoms with Gasteiger partial charge in [-0.3, -0.25) is 9.69 Å². The van der Waals surface area contributed by atoms with Gasteiger partial charge in [-0.15, -0.1) is 0 Å². The minimum Gasteiger partial charge on any atom is -0.326 e. The van der Waals surface area contributed by atoms with Crippen molar-refractivity contribution in [3.63, 3.8) is 0 Å². The van der Waals surface area contributed by atoms with Gasteiger partial charge in [0.2, 0.25) is 5.91 Å². The Morgan fingerprint density at radius 3 is 3.00 bits per heavy atom. The molecule has 1 atom stereocenters. The van der Waals surface area contributed by atoms with Crippen molar-refractivity contribution in [3.8, 4) is 6.07 Å². The van der Waals surface area contributed by atoms with E-state index in [0.717, 1.165) is 18.8 Å². The number of piperazine rings is 1. The second-order valence-electron chi connectivity index (χ2n) is 4.55. The molecule has 1 amide bonds. The number of nitrogens with zero attached hydrogens (tertiary/aromatic N) is 2. The Hall–Kier alpha value is -1.90. The number of carbonyl (C=O) groups excluding carboxylic acids is 1. The van der Waals surface area contributed by atoms with Crippen LogP contribution >= 0.6 is 0 Å². The van der Waals surface area contributed by atoms with E-state index in [0.29, 0.717) is 19.5 Å². The summed E-state index contributed by atoms with van der Waals surface area (Å²) < 4.78 is 0. The van der Waals surface area contributed by atoms with Crippen LogP contribution in [0.4, 0.5) is 5.69 Å². The van der Waals surface area contributed by atoms with Crippen molar-refractivity contribution in [1.82, 2.24) is 10.2 Å². The molecule has 0 bridgehead atoms. The lowest BCUT2D eigenvalue weighted by molar-refractivity contribution is -0.116. The first-order chi connectivity index (χ1) is 9.29. The highest BCUT2D eigenvalue weighted by Crippen LogP contribution is 2.07. The van der Waals surface area contributed by atoms with Crippen LogP contribution in [0, 0.1) is 11.3 Å². The molecule has 1 saturated heterocycles. The summed E-state index contributed by atoms with van der Waals surface area (Å²) in [6.07, 6.45) is 0.410. The fraction of sp³-hybridized carbons (Fsp3) is 0.429. The molecule has 5 heteroatoms. The van der Waals surface area contributed by atoms with E-state index in [1.807, 2.05) is 30.3 Å². The summed E-state index contributed by atoms with van der Waals surface area (Å²) in [6, 6.07) is 11.5. The molecule has 0 spiro atoms. The first-order valence-electron chi connectivity index (χ1n) is 6.49. The quantitative estimate of drug-likeness (QED) is 0.838. The summed E-state index contributed by atoms with van der Waals surface area (Å²) in [4.78, 5) is 13.9. The summed E-state index contributed by atoms with van der Waals surface area (Å²) in [5.74, 6) is -0.0126. The topological polar surface area (TPSA) is 68.2 Å². The summed E-state index contributed by atoms with van der Waals surface area (Å²) in [7, 11) is 0. The van der Waals surface area contributed by atoms with Crippen molar-refractivity contribution >= 4 is 11.6 Å². The van der Waals surface area contributed by atoms with E-state index in [-0.39, 0.29) is 11.9 Å². The number of benzene rings is 1. The van der Waals surface area contributed by atoms with Crippen LogP contribution in [0.1, 0.15) is 6.42 Å². The van der Waals surface area contributed by atoms with E-state index >= 15 is 0 Å². The van der Waals surface area contributed by atoms with Gasteiger partial charge in [-0.2, -0.15) is 5.26 Å². The smallest absolute Gasteiger partial charge is 0.225 e. The lowest BCUT2D eigenvalue weighted by Gasteiger charge is -2.31. The third-order valence-electron chi connectivity index (χ3n) is 3.19. The molecular weight excluding hydrogens is 240 g/mol. The van der Waals surface area contributed by atoms with Gasteiger partial charge < -0.3 is 10.6 Å². The minimum absolute atomic E-state index is 0.0126. The molecule has 1 heterocycles. The van der Waals surface area contributed by atoms with E-state index in [4.69, 9.17) is 5.26 Å². The maximum atomic E-state index is 11.8. The second-order valence-corrected chi connectivity index (χ2v) is 4.55. The van der Waals surface area contributed by atoms with Crippen LogP contribution in [-0.2, 0) is 4.79 Å². The first kappa shape index (κ1) is 13.5. The van der Waals surface area contributed by atoms with Crippen LogP contribution < -0.4 is 10.6 Å². The molecule has 1 aliphatic heterocycles. The Bertz CT molecular complexity index is 454. The number of nitrogens with one attached hydrogen (secondary N) is 2. The summed E-state index contributed by atoms with van der Waals surface area (Å²) in [6.45, 7) is 2.99. The third kappa shape index (κ3) is 4.05. The van der Waals surface area contributed by atoms with Crippen LogP contribution in [-0.4, -0.2) is 43.0 Å². The molecule has 0 aliphatic carbocycles. The summed E-state index contributed by atoms with van der Waals surface area (Å²) in [5.41, 5.74) is 0.810. The van der Waals surface area contributed by atoms with Crippen molar-refractivity contribution in [3.05, 3.63) is 30.3 Å². The Morgan fingerprint density at radius 2 is 2.26 bits per heavy atom. The van der Waals surface area contributed by atoms with Gasteiger partial charge in [-0.1, -0.05) is 18.2 Å². The molecule has 1 unspecified atom stereocenters. The van der Waals surface area contributed by atoms with Gasteiger partial charge in [0.25, 0.3) is 0 Å². The van der Waals surface area contributed by atoms with Gasteiger partial charge in [0.05, 0.1) is 6.07 Å². The van der Waals surface area contributed by atoms with Crippen LogP contribution in [0.15, 0.2) is 30.3 Å². The Morgan fingerprint density at radius 1 is 1.47 bits per heavy atom. The van der Waals surface area contributed by atoms with E-state index in [9.17, 15) is 4.79 Å². The van der Waals surface area contributed by atoms with Gasteiger partial charge in [0.1, 0.15) is 6.04 Å². The highest BCUT2D eigenvalue weighted by molar-refractivity contribution is 5.90. The molecule has 100 valence electrons. The predicted molar refractivity (Wildman–Crippen MR) is 73.5 cm³/mol. The molecule has 1 fully saturated rings. The van der Waals surface area contributed by atoms with Crippen LogP contribution in [0.2, 0.25) is 0 Å². The maximum Gasteiger partial charge on any atom is 0.225 e. The molecule has 0 radical (unpaired) electrons. The number of hydrogen-bond acceptors (Lipinski definition) is 4. The van der Waals surface area contributed by atoms with Crippen molar-refractivity contribution in [1.29, 1.82) is 5.26 Å². The van der Waals surface area contributed by atoms with Crippen molar-refractivity contribution < 1.29 is 4.79 Å². The predicted octanol–water partition coefficient (Wildman–Crippen LogP) is 0.813. The molecule has 0 aromatic heterocycles. The lowest BCUT2D eigenvalue weighted by Crippen LogP contribution is -2.51. The molecule has 19 heavy (non-hydrogen) atoms. The normalized spacial score (nSPS) is 19.6. The lowest BCUT2D eigenvalue weighted by atomic mass is 10.2. The van der Waals surface area contributed by atoms with E-state index in [2.05, 4.69) is 21.6 Å². The fourth-order valence-corrected chi connectivity index (χ4v) is 2.13. The number of hydrogen-bond donors (Lipinski definition) is 2. The van der Waals surface area contributed by atoms with E-state index in [1.165, 1.54) is 0 Å². The summed E-state index contributed by atoms with van der Waals surface area (Å²) >= 11 is 0. The highest BCUT2D eigenvalue weighted by atomic mass is 16.1.